The van der Waals surface area contributed by atoms with Crippen molar-refractivity contribution in [1.82, 2.24) is 3.97 Å². The summed E-state index contributed by atoms with van der Waals surface area (Å²) >= 11 is 2.21. The molecule has 3 rings (SSSR count). The number of nitrogens with zero attached hydrogens (tertiary/aromatic N) is 2. The van der Waals surface area contributed by atoms with E-state index in [4.69, 9.17) is 0 Å². The normalized spacial score (nSPS) is 12.3. The molecule has 122 valence electrons. The van der Waals surface area contributed by atoms with Gasteiger partial charge in [0.15, 0.2) is 0 Å². The van der Waals surface area contributed by atoms with E-state index in [0.29, 0.717) is 11.4 Å². The summed E-state index contributed by atoms with van der Waals surface area (Å²) in [5.41, 5.74) is 2.02. The van der Waals surface area contributed by atoms with Gasteiger partial charge in [0.25, 0.3) is 10.0 Å². The Hall–Kier alpha value is -1.93. The van der Waals surface area contributed by atoms with Crippen molar-refractivity contribution in [2.24, 2.45) is 4.99 Å². The Balaban J connectivity index is 2.07. The minimum atomic E-state index is -3.64. The highest BCUT2D eigenvalue weighted by Gasteiger charge is 2.20. The monoisotopic (exact) mass is 450 g/mol. The second-order valence-electron chi connectivity index (χ2n) is 5.16. The van der Waals surface area contributed by atoms with Crippen LogP contribution in [0.3, 0.4) is 0 Å². The Kier molecular flexibility index (Phi) is 4.86. The molecule has 0 amide bonds. The number of hydrogen-bond donors (Lipinski definition) is 0. The summed E-state index contributed by atoms with van der Waals surface area (Å²) in [6, 6.07) is 19.6. The van der Waals surface area contributed by atoms with Crippen molar-refractivity contribution in [2.45, 2.75) is 11.8 Å². The lowest BCUT2D eigenvalue weighted by Gasteiger charge is -2.10. The van der Waals surface area contributed by atoms with Gasteiger partial charge in [0.2, 0.25) is 0 Å². The van der Waals surface area contributed by atoms with Crippen molar-refractivity contribution in [2.75, 3.05) is 0 Å². The van der Waals surface area contributed by atoms with Crippen molar-refractivity contribution in [3.8, 4) is 0 Å². The minimum absolute atomic E-state index is 0.254. The summed E-state index contributed by atoms with van der Waals surface area (Å²) in [6.45, 7) is 1.81. The van der Waals surface area contributed by atoms with Gasteiger partial charge in [-0.25, -0.2) is 12.4 Å². The maximum absolute atomic E-state index is 12.8. The standard InChI is InChI=1S/C18H15IN2O2S/c1-14(20-17-11-6-5-10-16(17)19)18-12-7-13-21(18)24(22,23)15-8-3-2-4-9-15/h2-13H,1H3. The van der Waals surface area contributed by atoms with E-state index in [9.17, 15) is 8.42 Å². The van der Waals surface area contributed by atoms with Gasteiger partial charge in [-0.05, 0) is 65.9 Å². The van der Waals surface area contributed by atoms with E-state index in [1.54, 1.807) is 48.7 Å². The molecule has 0 saturated carbocycles. The van der Waals surface area contributed by atoms with Gasteiger partial charge in [0.05, 0.1) is 22.0 Å². The van der Waals surface area contributed by atoms with Gasteiger partial charge in [0, 0.05) is 9.77 Å². The molecule has 0 N–H and O–H groups in total. The molecule has 0 aliphatic carbocycles. The molecule has 24 heavy (non-hydrogen) atoms. The fraction of sp³-hybridized carbons (Fsp3) is 0.0556. The molecule has 4 nitrogen and oxygen atoms in total. The summed E-state index contributed by atoms with van der Waals surface area (Å²) in [5, 5.41) is 0. The molecule has 0 bridgehead atoms. The molecular formula is C18H15IN2O2S. The van der Waals surface area contributed by atoms with Crippen LogP contribution in [0.2, 0.25) is 0 Å². The smallest absolute Gasteiger partial charge is 0.250 e. The molecule has 0 fully saturated rings. The fourth-order valence-electron chi connectivity index (χ4n) is 2.34. The SMILES string of the molecule is CC(=Nc1ccccc1I)c1cccn1S(=O)(=O)c1ccccc1. The Bertz CT molecular complexity index is 993. The lowest BCUT2D eigenvalue weighted by Crippen LogP contribution is -2.17. The summed E-state index contributed by atoms with van der Waals surface area (Å²) in [7, 11) is -3.64. The first-order valence-corrected chi connectivity index (χ1v) is 9.80. The van der Waals surface area contributed by atoms with E-state index < -0.39 is 10.0 Å². The van der Waals surface area contributed by atoms with Crippen molar-refractivity contribution < 1.29 is 8.42 Å². The van der Waals surface area contributed by atoms with Gasteiger partial charge in [-0.2, -0.15) is 0 Å². The highest BCUT2D eigenvalue weighted by atomic mass is 127. The molecule has 0 unspecified atom stereocenters. The van der Waals surface area contributed by atoms with Crippen LogP contribution in [0.1, 0.15) is 12.6 Å². The Morgan fingerprint density at radius 3 is 2.33 bits per heavy atom. The van der Waals surface area contributed by atoms with Crippen molar-refractivity contribution in [1.29, 1.82) is 0 Å². The average molecular weight is 450 g/mol. The zero-order chi connectivity index (χ0) is 17.2. The summed E-state index contributed by atoms with van der Waals surface area (Å²) in [5.74, 6) is 0. The van der Waals surface area contributed by atoms with Crippen LogP contribution in [0.5, 0.6) is 0 Å². The van der Waals surface area contributed by atoms with E-state index >= 15 is 0 Å². The molecule has 0 aliphatic heterocycles. The highest BCUT2D eigenvalue weighted by Crippen LogP contribution is 2.23. The van der Waals surface area contributed by atoms with E-state index in [0.717, 1.165) is 9.26 Å². The zero-order valence-corrected chi connectivity index (χ0v) is 15.9. The number of para-hydroxylation sites is 1. The van der Waals surface area contributed by atoms with Gasteiger partial charge < -0.3 is 0 Å². The maximum Gasteiger partial charge on any atom is 0.268 e. The molecule has 1 aromatic heterocycles. The summed E-state index contributed by atoms with van der Waals surface area (Å²) in [4.78, 5) is 4.85. The van der Waals surface area contributed by atoms with Gasteiger partial charge in [-0.3, -0.25) is 4.99 Å². The van der Waals surface area contributed by atoms with E-state index in [1.807, 2.05) is 31.2 Å². The third-order valence-electron chi connectivity index (χ3n) is 3.52. The topological polar surface area (TPSA) is 51.4 Å². The Morgan fingerprint density at radius 2 is 1.62 bits per heavy atom. The van der Waals surface area contributed by atoms with Crippen LogP contribution in [0.4, 0.5) is 5.69 Å². The molecule has 3 aromatic rings. The average Bonchev–Trinajstić information content (AvgIpc) is 3.08. The van der Waals surface area contributed by atoms with Gasteiger partial charge in [0.1, 0.15) is 0 Å². The van der Waals surface area contributed by atoms with Crippen LogP contribution in [0.25, 0.3) is 0 Å². The maximum atomic E-state index is 12.8. The third kappa shape index (κ3) is 3.29. The quantitative estimate of drug-likeness (QED) is 0.435. The van der Waals surface area contributed by atoms with Crippen molar-refractivity contribution >= 4 is 44.0 Å². The molecule has 0 aliphatic rings. The second kappa shape index (κ2) is 6.90. The summed E-state index contributed by atoms with van der Waals surface area (Å²) in [6.07, 6.45) is 1.55. The largest absolute Gasteiger partial charge is 0.268 e. The van der Waals surface area contributed by atoms with Gasteiger partial charge in [-0.1, -0.05) is 30.3 Å². The van der Waals surface area contributed by atoms with Gasteiger partial charge >= 0.3 is 0 Å². The molecule has 0 atom stereocenters. The highest BCUT2D eigenvalue weighted by molar-refractivity contribution is 14.1. The van der Waals surface area contributed by atoms with Crippen LogP contribution in [0.15, 0.2) is 82.8 Å². The zero-order valence-electron chi connectivity index (χ0n) is 12.9. The van der Waals surface area contributed by atoms with Crippen LogP contribution in [-0.2, 0) is 10.0 Å². The Morgan fingerprint density at radius 1 is 0.958 bits per heavy atom. The van der Waals surface area contributed by atoms with Gasteiger partial charge in [-0.15, -0.1) is 0 Å². The first-order valence-electron chi connectivity index (χ1n) is 7.28. The molecule has 0 spiro atoms. The molecule has 6 heteroatoms. The number of rotatable bonds is 4. The number of benzene rings is 2. The van der Waals surface area contributed by atoms with Crippen LogP contribution in [-0.4, -0.2) is 18.1 Å². The molecule has 2 aromatic carbocycles. The fourth-order valence-corrected chi connectivity index (χ4v) is 4.26. The van der Waals surface area contributed by atoms with E-state index in [1.165, 1.54) is 3.97 Å². The van der Waals surface area contributed by atoms with Crippen LogP contribution >= 0.6 is 22.6 Å². The minimum Gasteiger partial charge on any atom is -0.250 e. The molecular weight excluding hydrogens is 435 g/mol. The third-order valence-corrected chi connectivity index (χ3v) is 6.14. The number of hydrogen-bond acceptors (Lipinski definition) is 3. The van der Waals surface area contributed by atoms with Crippen LogP contribution < -0.4 is 0 Å². The number of halogens is 1. The Labute approximate surface area is 155 Å². The van der Waals surface area contributed by atoms with E-state index in [-0.39, 0.29) is 4.90 Å². The molecule has 0 radical (unpaired) electrons. The first kappa shape index (κ1) is 16.9. The number of aliphatic imine (C=N–C) groups is 1. The van der Waals surface area contributed by atoms with Crippen LogP contribution in [0, 0.1) is 3.57 Å². The van der Waals surface area contributed by atoms with Crippen molar-refractivity contribution in [3.63, 3.8) is 0 Å². The predicted octanol–water partition coefficient (Wildman–Crippen LogP) is 4.47. The number of aromatic nitrogens is 1. The molecule has 1 heterocycles. The lowest BCUT2D eigenvalue weighted by molar-refractivity contribution is 0.587. The van der Waals surface area contributed by atoms with Crippen molar-refractivity contribution in [3.05, 3.63) is 82.2 Å². The summed E-state index contributed by atoms with van der Waals surface area (Å²) < 4.78 is 28.0. The second-order valence-corrected chi connectivity index (χ2v) is 8.13. The van der Waals surface area contributed by atoms with E-state index in [2.05, 4.69) is 27.6 Å². The lowest BCUT2D eigenvalue weighted by atomic mass is 10.3. The first-order chi connectivity index (χ1) is 11.5. The molecule has 0 saturated heterocycles. The predicted molar refractivity (Wildman–Crippen MR) is 104 cm³/mol.